The summed E-state index contributed by atoms with van der Waals surface area (Å²) < 4.78 is 23.3. The molecule has 116 valence electrons. The summed E-state index contributed by atoms with van der Waals surface area (Å²) in [6.45, 7) is 3.89. The Labute approximate surface area is 119 Å². The fourth-order valence-corrected chi connectivity index (χ4v) is 3.13. The van der Waals surface area contributed by atoms with Crippen LogP contribution in [0.15, 0.2) is 0 Å². The highest BCUT2D eigenvalue weighted by Crippen LogP contribution is 2.40. The van der Waals surface area contributed by atoms with Crippen molar-refractivity contribution >= 4 is 0 Å². The van der Waals surface area contributed by atoms with Crippen LogP contribution in [0.4, 0.5) is 0 Å². The third kappa shape index (κ3) is 2.86. The lowest BCUT2D eigenvalue weighted by Gasteiger charge is -2.30. The van der Waals surface area contributed by atoms with Crippen molar-refractivity contribution < 1.29 is 24.1 Å². The Bertz CT molecular complexity index is 346. The fourth-order valence-electron chi connectivity index (χ4n) is 3.13. The molecule has 0 aromatic heterocycles. The first kappa shape index (κ1) is 14.7. The largest absolute Gasteiger partial charge is 0.396 e. The second-order valence-electron chi connectivity index (χ2n) is 6.33. The average molecular weight is 287 g/mol. The van der Waals surface area contributed by atoms with Crippen molar-refractivity contribution in [3.05, 3.63) is 0 Å². The van der Waals surface area contributed by atoms with Gasteiger partial charge in [-0.25, -0.2) is 0 Å². The van der Waals surface area contributed by atoms with Crippen molar-refractivity contribution in [2.45, 2.75) is 75.6 Å². The maximum atomic E-state index is 9.28. The third-order valence-corrected chi connectivity index (χ3v) is 4.16. The molecule has 4 unspecified atom stereocenters. The van der Waals surface area contributed by atoms with E-state index in [0.717, 1.165) is 0 Å². The zero-order valence-electron chi connectivity index (χ0n) is 12.4. The van der Waals surface area contributed by atoms with E-state index < -0.39 is 5.79 Å². The minimum Gasteiger partial charge on any atom is -0.396 e. The summed E-state index contributed by atoms with van der Waals surface area (Å²) >= 11 is 0. The zero-order valence-corrected chi connectivity index (χ0v) is 12.4. The lowest BCUT2D eigenvalue weighted by molar-refractivity contribution is -0.220. The van der Waals surface area contributed by atoms with E-state index in [0.29, 0.717) is 12.5 Å². The van der Waals surface area contributed by atoms with Crippen LogP contribution in [0.5, 0.6) is 0 Å². The van der Waals surface area contributed by atoms with Crippen LogP contribution in [0.2, 0.25) is 0 Å². The van der Waals surface area contributed by atoms with Gasteiger partial charge in [0.05, 0.1) is 0 Å². The molecule has 0 radical (unpaired) electrons. The predicted octanol–water partition coefficient (Wildman–Crippen LogP) is 0.381. The molecule has 3 fully saturated rings. The molecule has 20 heavy (non-hydrogen) atoms. The number of aliphatic hydroxyl groups excluding tert-OH is 1. The van der Waals surface area contributed by atoms with Crippen LogP contribution in [0.3, 0.4) is 0 Å². The molecule has 1 saturated carbocycles. The second-order valence-corrected chi connectivity index (χ2v) is 6.33. The molecule has 2 heterocycles. The molecule has 2 aliphatic heterocycles. The summed E-state index contributed by atoms with van der Waals surface area (Å²) in [6.07, 6.45) is 2.11. The van der Waals surface area contributed by atoms with Crippen molar-refractivity contribution in [2.75, 3.05) is 13.7 Å². The van der Waals surface area contributed by atoms with Crippen LogP contribution in [0, 0.1) is 0 Å². The van der Waals surface area contributed by atoms with Gasteiger partial charge in [0.15, 0.2) is 12.1 Å². The second kappa shape index (κ2) is 5.51. The summed E-state index contributed by atoms with van der Waals surface area (Å²) in [5.41, 5.74) is 0. The quantitative estimate of drug-likeness (QED) is 0.736. The van der Waals surface area contributed by atoms with Crippen LogP contribution >= 0.6 is 0 Å². The van der Waals surface area contributed by atoms with E-state index in [-0.39, 0.29) is 37.3 Å². The number of methoxy groups -OCH3 is 1. The Hall–Kier alpha value is -0.240. The molecule has 6 nitrogen and oxygen atoms in total. The Kier molecular flexibility index (Phi) is 4.05. The molecule has 6 heteroatoms. The van der Waals surface area contributed by atoms with E-state index >= 15 is 0 Å². The van der Waals surface area contributed by atoms with Gasteiger partial charge in [-0.2, -0.15) is 0 Å². The van der Waals surface area contributed by atoms with Gasteiger partial charge in [-0.15, -0.1) is 0 Å². The lowest BCUT2D eigenvalue weighted by atomic mass is 10.0. The Morgan fingerprint density at radius 1 is 1.35 bits per heavy atom. The maximum Gasteiger partial charge on any atom is 0.190 e. The van der Waals surface area contributed by atoms with Crippen LogP contribution < -0.4 is 5.32 Å². The van der Waals surface area contributed by atoms with E-state index in [9.17, 15) is 5.11 Å². The molecule has 1 aliphatic carbocycles. The van der Waals surface area contributed by atoms with E-state index in [2.05, 4.69) is 5.32 Å². The van der Waals surface area contributed by atoms with Crippen molar-refractivity contribution in [2.24, 2.45) is 0 Å². The summed E-state index contributed by atoms with van der Waals surface area (Å²) in [5, 5.41) is 12.8. The van der Waals surface area contributed by atoms with Gasteiger partial charge in [0.1, 0.15) is 18.3 Å². The SMILES string of the molecule is COC1C(C(CCO)NC2CC2)OC2OC(C)(C)O[C@@H]21. The molecule has 0 amide bonds. The Balaban J connectivity index is 1.69. The Morgan fingerprint density at radius 2 is 2.10 bits per heavy atom. The number of fused-ring (bicyclic) bond motifs is 1. The number of rotatable bonds is 6. The highest BCUT2D eigenvalue weighted by atomic mass is 16.8. The number of hydrogen-bond donors (Lipinski definition) is 2. The monoisotopic (exact) mass is 287 g/mol. The standard InChI is InChI=1S/C14H25NO5/c1-14(2)19-12-11(17-3)10(18-13(12)20-14)9(6-7-16)15-8-4-5-8/h8-13,15-16H,4-7H2,1-3H3/t9?,10?,11?,12-,13?/m1/s1. The van der Waals surface area contributed by atoms with Crippen molar-refractivity contribution in [1.82, 2.24) is 5.32 Å². The van der Waals surface area contributed by atoms with Crippen molar-refractivity contribution in [1.29, 1.82) is 0 Å². The van der Waals surface area contributed by atoms with Gasteiger partial charge < -0.3 is 29.4 Å². The van der Waals surface area contributed by atoms with Crippen molar-refractivity contribution in [3.8, 4) is 0 Å². The number of hydrogen-bond acceptors (Lipinski definition) is 6. The molecule has 0 bridgehead atoms. The van der Waals surface area contributed by atoms with Crippen LogP contribution in [0.25, 0.3) is 0 Å². The first-order valence-corrected chi connectivity index (χ1v) is 7.45. The summed E-state index contributed by atoms with van der Waals surface area (Å²) in [6, 6.07) is 0.615. The molecular formula is C14H25NO5. The van der Waals surface area contributed by atoms with E-state index in [4.69, 9.17) is 18.9 Å². The summed E-state index contributed by atoms with van der Waals surface area (Å²) in [5.74, 6) is -0.631. The van der Waals surface area contributed by atoms with Gasteiger partial charge in [0.2, 0.25) is 0 Å². The molecule has 0 aromatic rings. The minimum atomic E-state index is -0.631. The molecular weight excluding hydrogens is 262 g/mol. The van der Waals surface area contributed by atoms with Crippen LogP contribution in [-0.2, 0) is 18.9 Å². The molecule has 5 atom stereocenters. The summed E-state index contributed by atoms with van der Waals surface area (Å²) in [4.78, 5) is 0. The molecule has 3 rings (SSSR count). The molecule has 3 aliphatic rings. The average Bonchev–Trinajstić information content (AvgIpc) is 3.05. The fraction of sp³-hybridized carbons (Fsp3) is 1.00. The minimum absolute atomic E-state index is 0.0679. The van der Waals surface area contributed by atoms with Crippen LogP contribution in [0.1, 0.15) is 33.1 Å². The lowest BCUT2D eigenvalue weighted by Crippen LogP contribution is -2.49. The number of aliphatic hydroxyl groups is 1. The van der Waals surface area contributed by atoms with Gasteiger partial charge in [0, 0.05) is 25.8 Å². The normalized spacial score (nSPS) is 40.8. The highest BCUT2D eigenvalue weighted by Gasteiger charge is 2.56. The van der Waals surface area contributed by atoms with Gasteiger partial charge >= 0.3 is 0 Å². The van der Waals surface area contributed by atoms with Gasteiger partial charge in [-0.05, 0) is 33.1 Å². The highest BCUT2D eigenvalue weighted by molar-refractivity contribution is 5.00. The van der Waals surface area contributed by atoms with Gasteiger partial charge in [-0.1, -0.05) is 0 Å². The van der Waals surface area contributed by atoms with Gasteiger partial charge in [0.25, 0.3) is 0 Å². The smallest absolute Gasteiger partial charge is 0.190 e. The first-order valence-electron chi connectivity index (χ1n) is 7.45. The van der Waals surface area contributed by atoms with Crippen molar-refractivity contribution in [3.63, 3.8) is 0 Å². The number of ether oxygens (including phenoxy) is 4. The Morgan fingerprint density at radius 3 is 2.70 bits per heavy atom. The topological polar surface area (TPSA) is 69.2 Å². The van der Waals surface area contributed by atoms with E-state index in [1.165, 1.54) is 12.8 Å². The first-order chi connectivity index (χ1) is 9.54. The molecule has 0 aromatic carbocycles. The molecule has 0 spiro atoms. The maximum absolute atomic E-state index is 9.28. The van der Waals surface area contributed by atoms with E-state index in [1.54, 1.807) is 7.11 Å². The predicted molar refractivity (Wildman–Crippen MR) is 71.1 cm³/mol. The van der Waals surface area contributed by atoms with Crippen LogP contribution in [-0.4, -0.2) is 61.3 Å². The molecule has 2 N–H and O–H groups in total. The zero-order chi connectivity index (χ0) is 14.3. The molecule has 2 saturated heterocycles. The van der Waals surface area contributed by atoms with E-state index in [1.807, 2.05) is 13.8 Å². The van der Waals surface area contributed by atoms with Gasteiger partial charge in [-0.3, -0.25) is 0 Å². The summed E-state index contributed by atoms with van der Waals surface area (Å²) in [7, 11) is 1.67. The third-order valence-electron chi connectivity index (χ3n) is 4.16. The number of nitrogens with one attached hydrogen (secondary N) is 1.